The lowest BCUT2D eigenvalue weighted by Gasteiger charge is -2.43. The van der Waals surface area contributed by atoms with Gasteiger partial charge in [0.1, 0.15) is 54.6 Å². The Bertz CT molecular complexity index is 1590. The molecule has 50 heavy (non-hydrogen) atoms. The molecule has 2 heterocycles. The van der Waals surface area contributed by atoms with Crippen LogP contribution in [-0.2, 0) is 48.2 Å². The summed E-state index contributed by atoms with van der Waals surface area (Å²) in [4.78, 5) is 0. The fraction of sp³-hybridized carbons (Fsp3) is 0.400. The van der Waals surface area contributed by atoms with E-state index in [1.807, 2.05) is 116 Å². The number of aliphatic hydroxyl groups is 3. The molecule has 0 radical (unpaired) electrons. The largest absolute Gasteiger partial charge is 0.496 e. The summed E-state index contributed by atoms with van der Waals surface area (Å²) in [6.07, 6.45) is -9.68. The molecule has 0 amide bonds. The monoisotopic (exact) mass is 686 g/mol. The molecule has 0 saturated carbocycles. The maximum atomic E-state index is 11.9. The number of rotatable bonds is 15. The second-order valence-electron chi connectivity index (χ2n) is 12.7. The van der Waals surface area contributed by atoms with Gasteiger partial charge in [-0.1, -0.05) is 103 Å². The van der Waals surface area contributed by atoms with E-state index in [1.165, 1.54) is 0 Å². The molecule has 0 aromatic heterocycles. The van der Waals surface area contributed by atoms with Gasteiger partial charge >= 0.3 is 0 Å². The van der Waals surface area contributed by atoms with E-state index in [4.69, 9.17) is 33.2 Å². The highest BCUT2D eigenvalue weighted by molar-refractivity contribution is 5.40. The third-order valence-corrected chi connectivity index (χ3v) is 9.03. The molecule has 0 spiro atoms. The van der Waals surface area contributed by atoms with E-state index >= 15 is 0 Å². The molecule has 4 aromatic rings. The van der Waals surface area contributed by atoms with Gasteiger partial charge < -0.3 is 48.5 Å². The van der Waals surface area contributed by atoms with Crippen LogP contribution in [0.2, 0.25) is 0 Å². The molecule has 9 atom stereocenters. The van der Waals surface area contributed by atoms with Gasteiger partial charge in [0.2, 0.25) is 0 Å². The van der Waals surface area contributed by atoms with E-state index in [2.05, 4.69) is 0 Å². The van der Waals surface area contributed by atoms with Crippen molar-refractivity contribution in [3.05, 3.63) is 137 Å². The zero-order valence-electron chi connectivity index (χ0n) is 28.3. The predicted octanol–water partition coefficient (Wildman–Crippen LogP) is 4.66. The number of aliphatic hydroxyl groups excluding tert-OH is 3. The van der Waals surface area contributed by atoms with Crippen molar-refractivity contribution in [3.63, 3.8) is 0 Å². The number of hydrogen-bond acceptors (Lipinski definition) is 10. The fourth-order valence-corrected chi connectivity index (χ4v) is 6.36. The molecule has 2 aliphatic heterocycles. The van der Waals surface area contributed by atoms with Gasteiger partial charge in [-0.3, -0.25) is 0 Å². The summed E-state index contributed by atoms with van der Waals surface area (Å²) in [6.45, 7) is 2.78. The zero-order valence-corrected chi connectivity index (χ0v) is 28.3. The van der Waals surface area contributed by atoms with Crippen molar-refractivity contribution in [1.82, 2.24) is 0 Å². The summed E-state index contributed by atoms with van der Waals surface area (Å²) in [6, 6.07) is 34.6. The van der Waals surface area contributed by atoms with Gasteiger partial charge in [-0.15, -0.1) is 0 Å². The van der Waals surface area contributed by atoms with E-state index in [0.717, 1.165) is 22.3 Å². The first-order valence-corrected chi connectivity index (χ1v) is 16.9. The normalized spacial score (nSPS) is 28.1. The van der Waals surface area contributed by atoms with Crippen molar-refractivity contribution in [2.45, 2.75) is 81.9 Å². The number of aryl methyl sites for hydroxylation is 1. The number of methoxy groups -OCH3 is 1. The Morgan fingerprint density at radius 2 is 1.16 bits per heavy atom. The molecule has 0 unspecified atom stereocenters. The summed E-state index contributed by atoms with van der Waals surface area (Å²) in [5.41, 5.74) is 4.45. The van der Waals surface area contributed by atoms with E-state index in [-0.39, 0.29) is 19.8 Å². The van der Waals surface area contributed by atoms with Crippen molar-refractivity contribution in [2.24, 2.45) is 0 Å². The smallest absolute Gasteiger partial charge is 0.187 e. The van der Waals surface area contributed by atoms with Crippen molar-refractivity contribution in [1.29, 1.82) is 0 Å². The molecule has 10 nitrogen and oxygen atoms in total. The Balaban J connectivity index is 1.24. The summed E-state index contributed by atoms with van der Waals surface area (Å²) in [5.74, 6) is 0.566. The Morgan fingerprint density at radius 3 is 1.74 bits per heavy atom. The Hall–Kier alpha value is -3.68. The highest BCUT2D eigenvalue weighted by atomic mass is 16.7. The van der Waals surface area contributed by atoms with Crippen LogP contribution < -0.4 is 4.74 Å². The predicted molar refractivity (Wildman–Crippen MR) is 184 cm³/mol. The lowest BCUT2D eigenvalue weighted by molar-refractivity contribution is -0.329. The fourth-order valence-electron chi connectivity index (χ4n) is 6.36. The molecule has 2 saturated heterocycles. The minimum atomic E-state index is -1.39. The van der Waals surface area contributed by atoms with Crippen LogP contribution in [0.3, 0.4) is 0 Å². The Labute approximate surface area is 293 Å². The van der Waals surface area contributed by atoms with Crippen molar-refractivity contribution >= 4 is 0 Å². The lowest BCUT2D eigenvalue weighted by Crippen LogP contribution is -2.61. The van der Waals surface area contributed by atoms with Gasteiger partial charge in [0.05, 0.1) is 40.1 Å². The van der Waals surface area contributed by atoms with Crippen LogP contribution in [0.1, 0.15) is 33.9 Å². The molecule has 0 bridgehead atoms. The van der Waals surface area contributed by atoms with Gasteiger partial charge in [0.25, 0.3) is 0 Å². The van der Waals surface area contributed by atoms with Gasteiger partial charge in [0.15, 0.2) is 6.29 Å². The third-order valence-electron chi connectivity index (χ3n) is 9.03. The minimum absolute atomic E-state index is 0.0190. The van der Waals surface area contributed by atoms with Crippen molar-refractivity contribution < 1.29 is 48.5 Å². The average molecular weight is 687 g/mol. The topological polar surface area (TPSA) is 125 Å². The van der Waals surface area contributed by atoms with Crippen LogP contribution in [0.4, 0.5) is 0 Å². The molecule has 0 aliphatic carbocycles. The third kappa shape index (κ3) is 8.96. The minimum Gasteiger partial charge on any atom is -0.496 e. The average Bonchev–Trinajstić information content (AvgIpc) is 3.45. The number of benzene rings is 4. The quantitative estimate of drug-likeness (QED) is 0.163. The first-order valence-electron chi connectivity index (χ1n) is 16.9. The van der Waals surface area contributed by atoms with Crippen LogP contribution in [0.25, 0.3) is 0 Å². The standard InChI is InChI=1S/C40H46O10/c1-26-18-19-31(44-2)30(20-26)37-36(43)38(33(48-37)25-46-22-28-14-8-4-9-15-28)50-40-39(47-23-29-16-10-5-11-17-29)35(42)34(41)32(49-40)24-45-21-27-12-6-3-7-13-27/h3-20,32-43H,21-25H2,1-2H3/t32-,33-,34-,35+,36+,37+,38-,39-,40-/m1/s1. The van der Waals surface area contributed by atoms with Crippen LogP contribution in [0.15, 0.2) is 109 Å². The highest BCUT2D eigenvalue weighted by Crippen LogP contribution is 2.41. The molecule has 6 rings (SSSR count). The van der Waals surface area contributed by atoms with Crippen molar-refractivity contribution in [3.8, 4) is 5.75 Å². The Kier molecular flexibility index (Phi) is 12.6. The summed E-state index contributed by atoms with van der Waals surface area (Å²) in [7, 11) is 1.57. The molecule has 4 aromatic carbocycles. The van der Waals surface area contributed by atoms with Crippen LogP contribution in [0, 0.1) is 6.92 Å². The van der Waals surface area contributed by atoms with E-state index in [0.29, 0.717) is 24.5 Å². The van der Waals surface area contributed by atoms with Gasteiger partial charge in [0, 0.05) is 5.56 Å². The highest BCUT2D eigenvalue weighted by Gasteiger charge is 2.52. The number of hydrogen-bond donors (Lipinski definition) is 3. The molecule has 10 heteroatoms. The summed E-state index contributed by atoms with van der Waals surface area (Å²) >= 11 is 0. The zero-order chi connectivity index (χ0) is 34.9. The Morgan fingerprint density at radius 1 is 0.600 bits per heavy atom. The van der Waals surface area contributed by atoms with Crippen LogP contribution in [-0.4, -0.2) is 84.7 Å². The SMILES string of the molecule is COc1ccc(C)cc1[C@@H]1O[C@H](COCc2ccccc2)[C@@H](O[C@H]2O[C@H](COCc3ccccc3)[C@@H](O)[C@H](O)[C@H]2OCc2ccccc2)[C@H]1O. The lowest BCUT2D eigenvalue weighted by atomic mass is 9.97. The van der Waals surface area contributed by atoms with Gasteiger partial charge in [-0.2, -0.15) is 0 Å². The molecule has 2 aliphatic rings. The summed E-state index contributed by atoms with van der Waals surface area (Å²) in [5, 5.41) is 34.5. The maximum absolute atomic E-state index is 11.9. The van der Waals surface area contributed by atoms with Crippen LogP contribution in [0.5, 0.6) is 5.75 Å². The molecular weight excluding hydrogens is 640 g/mol. The maximum Gasteiger partial charge on any atom is 0.187 e. The van der Waals surface area contributed by atoms with Crippen LogP contribution >= 0.6 is 0 Å². The molecule has 3 N–H and O–H groups in total. The van der Waals surface area contributed by atoms with Gasteiger partial charge in [-0.25, -0.2) is 0 Å². The first kappa shape index (κ1) is 36.1. The van der Waals surface area contributed by atoms with E-state index in [1.54, 1.807) is 7.11 Å². The van der Waals surface area contributed by atoms with Gasteiger partial charge in [-0.05, 0) is 35.7 Å². The second-order valence-corrected chi connectivity index (χ2v) is 12.7. The molecular formula is C40H46O10. The first-order chi connectivity index (χ1) is 24.4. The second kappa shape index (κ2) is 17.5. The van der Waals surface area contributed by atoms with E-state index < -0.39 is 55.1 Å². The van der Waals surface area contributed by atoms with E-state index in [9.17, 15) is 15.3 Å². The molecule has 266 valence electrons. The summed E-state index contributed by atoms with van der Waals surface area (Å²) < 4.78 is 43.2. The molecule has 2 fully saturated rings. The number of ether oxygens (including phenoxy) is 7. The van der Waals surface area contributed by atoms with Crippen molar-refractivity contribution in [2.75, 3.05) is 20.3 Å².